The zero-order valence-corrected chi connectivity index (χ0v) is 15.0. The number of benzene rings is 2. The topological polar surface area (TPSA) is 68.2 Å². The summed E-state index contributed by atoms with van der Waals surface area (Å²) in [6, 6.07) is 13.6. The lowest BCUT2D eigenvalue weighted by molar-refractivity contribution is 0.251. The summed E-state index contributed by atoms with van der Waals surface area (Å²) in [5.74, 6) is 0.903. The van der Waals surface area contributed by atoms with Gasteiger partial charge in [-0.2, -0.15) is 5.10 Å². The summed E-state index contributed by atoms with van der Waals surface area (Å²) >= 11 is 0. The normalized spacial score (nSPS) is 15.5. The highest BCUT2D eigenvalue weighted by atomic mass is 16.5. The van der Waals surface area contributed by atoms with Crippen LogP contribution in [0.2, 0.25) is 0 Å². The average Bonchev–Trinajstić information content (AvgIpc) is 3.19. The van der Waals surface area contributed by atoms with Crippen molar-refractivity contribution in [3.63, 3.8) is 0 Å². The van der Waals surface area contributed by atoms with E-state index in [4.69, 9.17) is 4.74 Å². The van der Waals surface area contributed by atoms with Crippen LogP contribution >= 0.6 is 0 Å². The molecule has 4 rings (SSSR count). The minimum absolute atomic E-state index is 0.191. The van der Waals surface area contributed by atoms with Gasteiger partial charge in [0.1, 0.15) is 11.9 Å². The van der Waals surface area contributed by atoms with E-state index in [2.05, 4.69) is 22.7 Å². The number of fused-ring (bicyclic) bond motifs is 2. The van der Waals surface area contributed by atoms with E-state index in [0.717, 1.165) is 46.6 Å². The molecule has 1 aliphatic heterocycles. The molecular formula is C20H22N4O2. The number of carbonyl (C=O) groups is 1. The number of rotatable bonds is 4. The first-order valence-electron chi connectivity index (χ1n) is 8.93. The number of para-hydroxylation sites is 1. The number of nitrogens with zero attached hydrogens (tertiary/aromatic N) is 2. The summed E-state index contributed by atoms with van der Waals surface area (Å²) in [4.78, 5) is 12.3. The van der Waals surface area contributed by atoms with Gasteiger partial charge in [-0.25, -0.2) is 4.79 Å². The van der Waals surface area contributed by atoms with Gasteiger partial charge in [-0.15, -0.1) is 0 Å². The Hall–Kier alpha value is -3.02. The third-order valence-corrected chi connectivity index (χ3v) is 4.60. The van der Waals surface area contributed by atoms with Crippen molar-refractivity contribution in [2.24, 2.45) is 0 Å². The lowest BCUT2D eigenvalue weighted by Gasteiger charge is -2.08. The molecule has 1 atom stereocenters. The minimum Gasteiger partial charge on any atom is -0.490 e. The highest BCUT2D eigenvalue weighted by Gasteiger charge is 2.19. The monoisotopic (exact) mass is 350 g/mol. The van der Waals surface area contributed by atoms with Gasteiger partial charge in [-0.1, -0.05) is 18.2 Å². The van der Waals surface area contributed by atoms with Crippen LogP contribution in [-0.4, -0.2) is 21.9 Å². The van der Waals surface area contributed by atoms with Gasteiger partial charge in [0.15, 0.2) is 0 Å². The molecule has 0 bridgehead atoms. The van der Waals surface area contributed by atoms with Crippen LogP contribution in [0.25, 0.3) is 10.9 Å². The predicted molar refractivity (Wildman–Crippen MR) is 102 cm³/mol. The third kappa shape index (κ3) is 3.10. The van der Waals surface area contributed by atoms with Crippen LogP contribution in [0, 0.1) is 0 Å². The van der Waals surface area contributed by atoms with Crippen molar-refractivity contribution in [3.8, 4) is 5.75 Å². The molecule has 0 spiro atoms. The van der Waals surface area contributed by atoms with Crippen LogP contribution in [0.4, 0.5) is 10.5 Å². The van der Waals surface area contributed by atoms with E-state index < -0.39 is 0 Å². The molecule has 0 aliphatic carbocycles. The fraction of sp³-hybridized carbons (Fsp3) is 0.300. The molecule has 0 radical (unpaired) electrons. The number of amides is 2. The van der Waals surface area contributed by atoms with Crippen LogP contribution in [0.1, 0.15) is 25.1 Å². The molecule has 134 valence electrons. The van der Waals surface area contributed by atoms with Crippen molar-refractivity contribution in [1.29, 1.82) is 0 Å². The molecule has 6 heteroatoms. The van der Waals surface area contributed by atoms with E-state index in [1.54, 1.807) is 0 Å². The van der Waals surface area contributed by atoms with Gasteiger partial charge in [-0.3, -0.25) is 4.68 Å². The fourth-order valence-corrected chi connectivity index (χ4v) is 3.41. The van der Waals surface area contributed by atoms with E-state index in [9.17, 15) is 4.79 Å². The average molecular weight is 350 g/mol. The number of aromatic nitrogens is 2. The van der Waals surface area contributed by atoms with Gasteiger partial charge in [-0.05, 0) is 43.7 Å². The number of urea groups is 1. The Morgan fingerprint density at radius 3 is 3.00 bits per heavy atom. The molecule has 0 unspecified atom stereocenters. The van der Waals surface area contributed by atoms with Crippen molar-refractivity contribution in [3.05, 3.63) is 53.7 Å². The summed E-state index contributed by atoms with van der Waals surface area (Å²) in [5, 5.41) is 11.4. The second kappa shape index (κ2) is 6.71. The number of aryl methyl sites for hydroxylation is 1. The second-order valence-corrected chi connectivity index (χ2v) is 6.54. The fourth-order valence-electron chi connectivity index (χ4n) is 3.41. The van der Waals surface area contributed by atoms with Crippen molar-refractivity contribution in [1.82, 2.24) is 15.1 Å². The maximum absolute atomic E-state index is 12.3. The van der Waals surface area contributed by atoms with Gasteiger partial charge in [0.25, 0.3) is 0 Å². The lowest BCUT2D eigenvalue weighted by Crippen LogP contribution is -2.28. The molecule has 0 saturated carbocycles. The number of hydrogen-bond acceptors (Lipinski definition) is 3. The second-order valence-electron chi connectivity index (χ2n) is 6.54. The molecule has 3 aromatic rings. The molecule has 1 aromatic heterocycles. The first-order valence-corrected chi connectivity index (χ1v) is 8.93. The highest BCUT2D eigenvalue weighted by Crippen LogP contribution is 2.30. The lowest BCUT2D eigenvalue weighted by atomic mass is 10.1. The quantitative estimate of drug-likeness (QED) is 0.754. The van der Waals surface area contributed by atoms with E-state index >= 15 is 0 Å². The number of ether oxygens (including phenoxy) is 1. The maximum atomic E-state index is 12.3. The van der Waals surface area contributed by atoms with Gasteiger partial charge in [0, 0.05) is 24.0 Å². The molecular weight excluding hydrogens is 328 g/mol. The van der Waals surface area contributed by atoms with Gasteiger partial charge < -0.3 is 15.4 Å². The standard InChI is InChI=1S/C20H22N4O2/c1-3-24-18-7-5-4-6-16(18)17(23-24)12-21-20(25)22-15-8-9-19-14(11-15)10-13(2)26-19/h4-9,11,13H,3,10,12H2,1-2H3,(H2,21,22,25)/t13-/m0/s1. The molecule has 6 nitrogen and oxygen atoms in total. The first kappa shape index (κ1) is 16.4. The van der Waals surface area contributed by atoms with Gasteiger partial charge in [0.05, 0.1) is 17.8 Å². The van der Waals surface area contributed by atoms with Crippen LogP contribution < -0.4 is 15.4 Å². The van der Waals surface area contributed by atoms with Crippen molar-refractivity contribution < 1.29 is 9.53 Å². The number of carbonyl (C=O) groups excluding carboxylic acids is 1. The largest absolute Gasteiger partial charge is 0.490 e. The molecule has 0 fully saturated rings. The molecule has 2 amide bonds. The van der Waals surface area contributed by atoms with E-state index in [1.165, 1.54) is 0 Å². The SMILES string of the molecule is CCn1nc(CNC(=O)Nc2ccc3c(c2)C[C@H](C)O3)c2ccccc21. The molecule has 26 heavy (non-hydrogen) atoms. The Labute approximate surface area is 152 Å². The summed E-state index contributed by atoms with van der Waals surface area (Å²) in [6.45, 7) is 5.27. The Bertz CT molecular complexity index is 964. The Morgan fingerprint density at radius 1 is 1.31 bits per heavy atom. The predicted octanol–water partition coefficient (Wildman–Crippen LogP) is 3.70. The van der Waals surface area contributed by atoms with Gasteiger partial charge in [0.2, 0.25) is 0 Å². The Kier molecular flexibility index (Phi) is 4.24. The van der Waals surface area contributed by atoms with Crippen molar-refractivity contribution in [2.75, 3.05) is 5.32 Å². The first-order chi connectivity index (χ1) is 12.6. The van der Waals surface area contributed by atoms with Crippen LogP contribution in [0.5, 0.6) is 5.75 Å². The molecule has 2 aromatic carbocycles. The van der Waals surface area contributed by atoms with Crippen LogP contribution in [0.15, 0.2) is 42.5 Å². The van der Waals surface area contributed by atoms with Crippen LogP contribution in [-0.2, 0) is 19.5 Å². The highest BCUT2D eigenvalue weighted by molar-refractivity contribution is 5.90. The number of nitrogens with one attached hydrogen (secondary N) is 2. The van der Waals surface area contributed by atoms with Gasteiger partial charge >= 0.3 is 6.03 Å². The van der Waals surface area contributed by atoms with Crippen molar-refractivity contribution in [2.45, 2.75) is 39.5 Å². The van der Waals surface area contributed by atoms with E-state index in [1.807, 2.05) is 54.1 Å². The minimum atomic E-state index is -0.243. The summed E-state index contributed by atoms with van der Waals surface area (Å²) in [6.07, 6.45) is 1.06. The summed E-state index contributed by atoms with van der Waals surface area (Å²) < 4.78 is 7.64. The van der Waals surface area contributed by atoms with Crippen molar-refractivity contribution >= 4 is 22.6 Å². The molecule has 2 heterocycles. The Morgan fingerprint density at radius 2 is 2.15 bits per heavy atom. The third-order valence-electron chi connectivity index (χ3n) is 4.60. The Balaban J connectivity index is 1.43. The summed E-state index contributed by atoms with van der Waals surface area (Å²) in [7, 11) is 0. The molecule has 1 aliphatic rings. The summed E-state index contributed by atoms with van der Waals surface area (Å²) in [5.41, 5.74) is 3.85. The molecule has 2 N–H and O–H groups in total. The zero-order chi connectivity index (χ0) is 18.1. The zero-order valence-electron chi connectivity index (χ0n) is 15.0. The number of hydrogen-bond donors (Lipinski definition) is 2. The number of anilines is 1. The van der Waals surface area contributed by atoms with E-state index in [0.29, 0.717) is 6.54 Å². The maximum Gasteiger partial charge on any atom is 0.319 e. The van der Waals surface area contributed by atoms with E-state index in [-0.39, 0.29) is 12.1 Å². The van der Waals surface area contributed by atoms with Crippen LogP contribution in [0.3, 0.4) is 0 Å². The smallest absolute Gasteiger partial charge is 0.319 e. The molecule has 0 saturated heterocycles.